The number of carbonyl (C=O) groups is 1. The molecule has 0 fully saturated rings. The SMILES string of the molecule is CCN1CCc2cc(N=C(c3ccccc3)C3C(=O)Nc4ccccc43)ccc2C1. The van der Waals surface area contributed by atoms with Gasteiger partial charge >= 0.3 is 0 Å². The third-order valence-corrected chi connectivity index (χ3v) is 6.11. The minimum atomic E-state index is -0.407. The quantitative estimate of drug-likeness (QED) is 0.637. The van der Waals surface area contributed by atoms with Gasteiger partial charge in [0.2, 0.25) is 5.91 Å². The Morgan fingerprint density at radius 3 is 2.67 bits per heavy atom. The number of likely N-dealkylation sites (N-methyl/N-ethyl adjacent to an activating group) is 1. The summed E-state index contributed by atoms with van der Waals surface area (Å²) in [5, 5.41) is 3.02. The summed E-state index contributed by atoms with van der Waals surface area (Å²) in [4.78, 5) is 20.4. The standard InChI is InChI=1S/C26H25N3O/c1-2-29-15-14-19-16-21(13-12-20(19)17-29)27-25(18-8-4-3-5-9-18)24-22-10-6-7-11-23(22)28-26(24)30/h3-13,16,24H,2,14-15,17H2,1H3,(H,28,30). The molecule has 0 aromatic heterocycles. The highest BCUT2D eigenvalue weighted by atomic mass is 16.2. The molecule has 1 N–H and O–H groups in total. The number of rotatable bonds is 4. The number of fused-ring (bicyclic) bond motifs is 2. The van der Waals surface area contributed by atoms with Crippen LogP contribution in [0.2, 0.25) is 0 Å². The zero-order valence-corrected chi connectivity index (χ0v) is 17.1. The second-order valence-corrected chi connectivity index (χ2v) is 7.94. The Balaban J connectivity index is 1.59. The van der Waals surface area contributed by atoms with E-state index in [9.17, 15) is 4.79 Å². The number of anilines is 1. The molecule has 0 radical (unpaired) electrons. The highest BCUT2D eigenvalue weighted by Crippen LogP contribution is 2.36. The van der Waals surface area contributed by atoms with Crippen LogP contribution in [0.4, 0.5) is 11.4 Å². The molecular weight excluding hydrogens is 370 g/mol. The zero-order chi connectivity index (χ0) is 20.5. The minimum Gasteiger partial charge on any atom is -0.325 e. The molecule has 150 valence electrons. The maximum atomic E-state index is 12.9. The minimum absolute atomic E-state index is 0.0182. The van der Waals surface area contributed by atoms with Crippen LogP contribution in [-0.2, 0) is 17.8 Å². The Kier molecular flexibility index (Phi) is 4.93. The van der Waals surface area contributed by atoms with Crippen LogP contribution in [0.1, 0.15) is 35.1 Å². The van der Waals surface area contributed by atoms with Crippen molar-refractivity contribution in [2.75, 3.05) is 18.4 Å². The zero-order valence-electron chi connectivity index (χ0n) is 17.1. The molecule has 2 aliphatic heterocycles. The van der Waals surface area contributed by atoms with Gasteiger partial charge in [0.15, 0.2) is 0 Å². The van der Waals surface area contributed by atoms with Gasteiger partial charge in [0.05, 0.1) is 11.4 Å². The number of amides is 1. The van der Waals surface area contributed by atoms with Crippen molar-refractivity contribution in [2.45, 2.75) is 25.8 Å². The van der Waals surface area contributed by atoms with Crippen molar-refractivity contribution in [3.05, 3.63) is 95.1 Å². The fourth-order valence-electron chi connectivity index (χ4n) is 4.46. The summed E-state index contributed by atoms with van der Waals surface area (Å²) in [5.41, 5.74) is 7.29. The number of para-hydroxylation sites is 1. The van der Waals surface area contributed by atoms with Crippen LogP contribution in [0, 0.1) is 0 Å². The third-order valence-electron chi connectivity index (χ3n) is 6.11. The lowest BCUT2D eigenvalue weighted by atomic mass is 9.90. The lowest BCUT2D eigenvalue weighted by Gasteiger charge is -2.27. The van der Waals surface area contributed by atoms with E-state index in [-0.39, 0.29) is 5.91 Å². The van der Waals surface area contributed by atoms with Gasteiger partial charge in [0.25, 0.3) is 0 Å². The number of benzene rings is 3. The van der Waals surface area contributed by atoms with Gasteiger partial charge < -0.3 is 5.32 Å². The number of carbonyl (C=O) groups excluding carboxylic acids is 1. The fraction of sp³-hybridized carbons (Fsp3) is 0.231. The van der Waals surface area contributed by atoms with Crippen molar-refractivity contribution in [3.63, 3.8) is 0 Å². The van der Waals surface area contributed by atoms with Crippen molar-refractivity contribution in [1.82, 2.24) is 4.90 Å². The first-order chi connectivity index (χ1) is 14.7. The Bertz CT molecular complexity index is 1120. The molecule has 0 spiro atoms. The van der Waals surface area contributed by atoms with Crippen LogP contribution in [0.5, 0.6) is 0 Å². The largest absolute Gasteiger partial charge is 0.325 e. The number of hydrogen-bond donors (Lipinski definition) is 1. The van der Waals surface area contributed by atoms with E-state index in [1.165, 1.54) is 11.1 Å². The monoisotopic (exact) mass is 395 g/mol. The first kappa shape index (κ1) is 18.8. The van der Waals surface area contributed by atoms with Gasteiger partial charge in [-0.05, 0) is 53.4 Å². The summed E-state index contributed by atoms with van der Waals surface area (Å²) in [5.74, 6) is -0.425. The van der Waals surface area contributed by atoms with Crippen molar-refractivity contribution in [3.8, 4) is 0 Å². The number of nitrogens with one attached hydrogen (secondary N) is 1. The van der Waals surface area contributed by atoms with Gasteiger partial charge in [-0.15, -0.1) is 0 Å². The molecule has 1 atom stereocenters. The predicted molar refractivity (Wildman–Crippen MR) is 122 cm³/mol. The van der Waals surface area contributed by atoms with E-state index in [2.05, 4.69) is 35.3 Å². The van der Waals surface area contributed by atoms with E-state index >= 15 is 0 Å². The molecule has 0 aliphatic carbocycles. The summed E-state index contributed by atoms with van der Waals surface area (Å²) in [6, 6.07) is 24.4. The average Bonchev–Trinajstić information content (AvgIpc) is 3.13. The molecule has 3 aromatic rings. The molecule has 1 amide bonds. The highest BCUT2D eigenvalue weighted by Gasteiger charge is 2.35. The van der Waals surface area contributed by atoms with Gasteiger partial charge in [-0.1, -0.05) is 61.5 Å². The van der Waals surface area contributed by atoms with E-state index in [0.717, 1.165) is 54.3 Å². The Hall–Kier alpha value is -3.24. The van der Waals surface area contributed by atoms with Gasteiger partial charge in [0, 0.05) is 18.8 Å². The molecule has 0 bridgehead atoms. The van der Waals surface area contributed by atoms with Crippen LogP contribution < -0.4 is 5.32 Å². The average molecular weight is 396 g/mol. The topological polar surface area (TPSA) is 44.7 Å². The van der Waals surface area contributed by atoms with Gasteiger partial charge in [0.1, 0.15) is 5.92 Å². The predicted octanol–water partition coefficient (Wildman–Crippen LogP) is 4.92. The molecule has 3 aromatic carbocycles. The van der Waals surface area contributed by atoms with Crippen LogP contribution in [0.25, 0.3) is 0 Å². The summed E-state index contributed by atoms with van der Waals surface area (Å²) >= 11 is 0. The first-order valence-corrected chi connectivity index (χ1v) is 10.6. The van der Waals surface area contributed by atoms with Gasteiger partial charge in [-0.25, -0.2) is 0 Å². The van der Waals surface area contributed by atoms with E-state index in [4.69, 9.17) is 4.99 Å². The highest BCUT2D eigenvalue weighted by molar-refractivity contribution is 6.24. The van der Waals surface area contributed by atoms with Gasteiger partial charge in [-0.2, -0.15) is 0 Å². The maximum absolute atomic E-state index is 12.9. The third kappa shape index (κ3) is 3.44. The fourth-order valence-corrected chi connectivity index (χ4v) is 4.46. The summed E-state index contributed by atoms with van der Waals surface area (Å²) in [6.07, 6.45) is 1.04. The van der Waals surface area contributed by atoms with E-state index in [1.54, 1.807) is 0 Å². The van der Waals surface area contributed by atoms with E-state index < -0.39 is 5.92 Å². The lowest BCUT2D eigenvalue weighted by Crippen LogP contribution is -2.30. The molecule has 4 heteroatoms. The van der Waals surface area contributed by atoms with Gasteiger partial charge in [-0.3, -0.25) is 14.7 Å². The molecule has 30 heavy (non-hydrogen) atoms. The lowest BCUT2D eigenvalue weighted by molar-refractivity contribution is -0.115. The van der Waals surface area contributed by atoms with Crippen LogP contribution in [0.15, 0.2) is 77.8 Å². The van der Waals surface area contributed by atoms with Crippen molar-refractivity contribution in [1.29, 1.82) is 0 Å². The van der Waals surface area contributed by atoms with Crippen LogP contribution in [-0.4, -0.2) is 29.6 Å². The summed E-state index contributed by atoms with van der Waals surface area (Å²) in [7, 11) is 0. The molecule has 4 nitrogen and oxygen atoms in total. The van der Waals surface area contributed by atoms with E-state index in [0.29, 0.717) is 0 Å². The smallest absolute Gasteiger partial charge is 0.238 e. The Morgan fingerprint density at radius 2 is 1.83 bits per heavy atom. The molecule has 1 unspecified atom stereocenters. The van der Waals surface area contributed by atoms with Crippen molar-refractivity contribution < 1.29 is 4.79 Å². The second kappa shape index (κ2) is 7.88. The Morgan fingerprint density at radius 1 is 1.03 bits per heavy atom. The first-order valence-electron chi connectivity index (χ1n) is 10.6. The van der Waals surface area contributed by atoms with Crippen LogP contribution >= 0.6 is 0 Å². The molecule has 0 saturated heterocycles. The van der Waals surface area contributed by atoms with Crippen molar-refractivity contribution >= 4 is 23.0 Å². The molecule has 2 heterocycles. The molecule has 5 rings (SSSR count). The molecule has 0 saturated carbocycles. The van der Waals surface area contributed by atoms with Crippen molar-refractivity contribution in [2.24, 2.45) is 4.99 Å². The Labute approximate surface area is 177 Å². The summed E-state index contributed by atoms with van der Waals surface area (Å²) < 4.78 is 0. The normalized spacial score (nSPS) is 18.6. The summed E-state index contributed by atoms with van der Waals surface area (Å²) in [6.45, 7) is 5.37. The maximum Gasteiger partial charge on any atom is 0.238 e. The second-order valence-electron chi connectivity index (χ2n) is 7.94. The number of hydrogen-bond acceptors (Lipinski definition) is 3. The van der Waals surface area contributed by atoms with E-state index in [1.807, 2.05) is 54.6 Å². The van der Waals surface area contributed by atoms with Crippen LogP contribution in [0.3, 0.4) is 0 Å². The molecule has 2 aliphatic rings. The molecular formula is C26H25N3O. The number of aliphatic imine (C=N–C) groups is 1. The number of nitrogens with zero attached hydrogens (tertiary/aromatic N) is 2.